The number of rotatable bonds is 4. The third-order valence-electron chi connectivity index (χ3n) is 3.81. The Bertz CT molecular complexity index is 903. The van der Waals surface area contributed by atoms with Gasteiger partial charge in [-0.05, 0) is 42.3 Å². The van der Waals surface area contributed by atoms with Gasteiger partial charge in [-0.3, -0.25) is 0 Å². The molecule has 0 atom stereocenters. The van der Waals surface area contributed by atoms with E-state index in [1.54, 1.807) is 0 Å². The first-order chi connectivity index (χ1) is 12.5. The first-order valence-corrected chi connectivity index (χ1v) is 8.32. The molecule has 0 radical (unpaired) electrons. The van der Waals surface area contributed by atoms with Crippen molar-refractivity contribution < 1.29 is 14.5 Å². The Kier molecular flexibility index (Phi) is 6.88. The molecule has 134 valence electrons. The fraction of sp³-hybridized carbons (Fsp3) is 0.143. The lowest BCUT2D eigenvalue weighted by atomic mass is 10.1. The Morgan fingerprint density at radius 1 is 1.08 bits per heavy atom. The van der Waals surface area contributed by atoms with Gasteiger partial charge >= 0.3 is 0 Å². The number of nitrogens with two attached hydrogens (primary N) is 2. The van der Waals surface area contributed by atoms with Crippen molar-refractivity contribution in [3.63, 3.8) is 0 Å². The van der Waals surface area contributed by atoms with Crippen LogP contribution < -0.4 is 21.1 Å². The van der Waals surface area contributed by atoms with Crippen molar-refractivity contribution in [1.29, 1.82) is 0 Å². The second-order valence-corrected chi connectivity index (χ2v) is 5.81. The molecule has 3 aromatic rings. The van der Waals surface area contributed by atoms with Crippen LogP contribution in [0.25, 0.3) is 23.1 Å². The number of nitrogens with zero attached hydrogens (tertiary/aromatic N) is 1. The molecular formula is C21H23N3O2. The number of aromatic nitrogens is 1. The van der Waals surface area contributed by atoms with Crippen LogP contribution >= 0.6 is 0 Å². The number of anilines is 1. The summed E-state index contributed by atoms with van der Waals surface area (Å²) in [6, 6.07) is 18.4. The van der Waals surface area contributed by atoms with Crippen molar-refractivity contribution in [3.8, 4) is 0 Å². The highest BCUT2D eigenvalue weighted by atomic mass is 16.4. The fourth-order valence-corrected chi connectivity index (χ4v) is 2.44. The number of hydrogen-bond donors (Lipinski definition) is 2. The van der Waals surface area contributed by atoms with E-state index in [0.717, 1.165) is 11.3 Å². The standard InChI is InChI=1S/C18H16N2.C3H7NO2/c1-20-13-12-15(17-4-2-3-5-18(17)20)9-6-14-7-10-16(19)11-8-14;4-2-1-3(5)6/h2-13,19H,1H3;1-2,4H2,(H,5,6). The van der Waals surface area contributed by atoms with Gasteiger partial charge in [0.2, 0.25) is 5.52 Å². The first kappa shape index (κ1) is 19.1. The number of aliphatic carboxylic acids is 1. The Labute approximate surface area is 153 Å². The summed E-state index contributed by atoms with van der Waals surface area (Å²) in [7, 11) is 2.07. The van der Waals surface area contributed by atoms with Crippen LogP contribution in [0.2, 0.25) is 0 Å². The van der Waals surface area contributed by atoms with Gasteiger partial charge in [0.05, 0.1) is 5.39 Å². The number of benzene rings is 2. The summed E-state index contributed by atoms with van der Waals surface area (Å²) in [4.78, 5) is 9.41. The van der Waals surface area contributed by atoms with Crippen molar-refractivity contribution in [2.75, 3.05) is 12.3 Å². The van der Waals surface area contributed by atoms with Gasteiger partial charge in [0.1, 0.15) is 7.05 Å². The SMILES string of the molecule is C[n+]1ccc(C=Cc2ccc(N)cc2)c2ccccc21.NCCC(=O)[O-]. The molecule has 0 amide bonds. The van der Waals surface area contributed by atoms with Crippen molar-refractivity contribution in [2.24, 2.45) is 12.8 Å². The van der Waals surface area contributed by atoms with Crippen LogP contribution in [0.5, 0.6) is 0 Å². The molecule has 4 N–H and O–H groups in total. The van der Waals surface area contributed by atoms with Crippen LogP contribution in [0, 0.1) is 0 Å². The molecule has 0 aliphatic rings. The number of pyridine rings is 1. The average molecular weight is 349 g/mol. The van der Waals surface area contributed by atoms with Crippen molar-refractivity contribution in [3.05, 3.63) is 71.9 Å². The lowest BCUT2D eigenvalue weighted by Gasteiger charge is -2.01. The maximum Gasteiger partial charge on any atom is 0.212 e. The minimum absolute atomic E-state index is 0.0417. The minimum Gasteiger partial charge on any atom is -0.550 e. The summed E-state index contributed by atoms with van der Waals surface area (Å²) < 4.78 is 2.13. The number of aryl methyl sites for hydroxylation is 1. The maximum absolute atomic E-state index is 9.41. The number of carbonyl (C=O) groups excluding carboxylic acids is 1. The van der Waals surface area contributed by atoms with E-state index in [1.807, 2.05) is 24.3 Å². The summed E-state index contributed by atoms with van der Waals surface area (Å²) >= 11 is 0. The van der Waals surface area contributed by atoms with Crippen LogP contribution in [0.3, 0.4) is 0 Å². The smallest absolute Gasteiger partial charge is 0.212 e. The highest BCUT2D eigenvalue weighted by Gasteiger charge is 2.06. The topological polar surface area (TPSA) is 96.1 Å². The monoisotopic (exact) mass is 349 g/mol. The van der Waals surface area contributed by atoms with E-state index in [9.17, 15) is 9.90 Å². The van der Waals surface area contributed by atoms with Crippen LogP contribution in [0.1, 0.15) is 17.5 Å². The molecule has 0 bridgehead atoms. The molecule has 0 unspecified atom stereocenters. The number of nitrogen functional groups attached to an aromatic ring is 1. The average Bonchev–Trinajstić information content (AvgIpc) is 2.63. The molecule has 0 fully saturated rings. The van der Waals surface area contributed by atoms with E-state index in [-0.39, 0.29) is 13.0 Å². The quantitative estimate of drug-likeness (QED) is 0.551. The number of fused-ring (bicyclic) bond motifs is 1. The van der Waals surface area contributed by atoms with E-state index >= 15 is 0 Å². The van der Waals surface area contributed by atoms with Gasteiger partial charge in [-0.2, -0.15) is 0 Å². The molecule has 0 aliphatic heterocycles. The van der Waals surface area contributed by atoms with Crippen molar-refractivity contribution in [2.45, 2.75) is 6.42 Å². The number of carboxylic acids is 1. The van der Waals surface area contributed by atoms with Crippen molar-refractivity contribution >= 4 is 34.7 Å². The van der Waals surface area contributed by atoms with Gasteiger partial charge in [0.25, 0.3) is 0 Å². The molecule has 0 aliphatic carbocycles. The fourth-order valence-electron chi connectivity index (χ4n) is 2.44. The molecule has 1 heterocycles. The van der Waals surface area contributed by atoms with Crippen LogP contribution in [0.4, 0.5) is 5.69 Å². The molecular weight excluding hydrogens is 326 g/mol. The van der Waals surface area contributed by atoms with Crippen LogP contribution in [-0.4, -0.2) is 12.5 Å². The molecule has 1 aromatic heterocycles. The van der Waals surface area contributed by atoms with Gasteiger partial charge in [0, 0.05) is 23.8 Å². The summed E-state index contributed by atoms with van der Waals surface area (Å²) in [6.07, 6.45) is 6.31. The summed E-state index contributed by atoms with van der Waals surface area (Å²) in [5.41, 5.74) is 14.9. The predicted molar refractivity (Wildman–Crippen MR) is 104 cm³/mol. The summed E-state index contributed by atoms with van der Waals surface area (Å²) in [5.74, 6) is -1.09. The van der Waals surface area contributed by atoms with Crippen molar-refractivity contribution in [1.82, 2.24) is 0 Å². The largest absolute Gasteiger partial charge is 0.550 e. The van der Waals surface area contributed by atoms with E-state index in [2.05, 4.69) is 60.3 Å². The van der Waals surface area contributed by atoms with Gasteiger partial charge in [-0.15, -0.1) is 0 Å². The number of carboxylic acid groups (broad SMARTS) is 1. The number of para-hydroxylation sites is 1. The molecule has 2 aromatic carbocycles. The molecule has 3 rings (SSSR count). The highest BCUT2D eigenvalue weighted by molar-refractivity contribution is 5.88. The normalized spacial score (nSPS) is 10.5. The summed E-state index contributed by atoms with van der Waals surface area (Å²) in [6.45, 7) is 0.169. The van der Waals surface area contributed by atoms with E-state index in [1.165, 1.54) is 16.5 Å². The van der Waals surface area contributed by atoms with Gasteiger partial charge in [-0.25, -0.2) is 4.57 Å². The Hall–Kier alpha value is -3.18. The van der Waals surface area contributed by atoms with E-state index < -0.39 is 5.97 Å². The van der Waals surface area contributed by atoms with Crippen LogP contribution in [-0.2, 0) is 11.8 Å². The molecule has 5 heteroatoms. The molecule has 5 nitrogen and oxygen atoms in total. The minimum atomic E-state index is -1.09. The Balaban J connectivity index is 0.000000352. The molecule has 0 saturated heterocycles. The Morgan fingerprint density at radius 2 is 1.77 bits per heavy atom. The lowest BCUT2D eigenvalue weighted by molar-refractivity contribution is -0.644. The van der Waals surface area contributed by atoms with E-state index in [4.69, 9.17) is 11.5 Å². The first-order valence-electron chi connectivity index (χ1n) is 8.32. The zero-order chi connectivity index (χ0) is 18.9. The third-order valence-corrected chi connectivity index (χ3v) is 3.81. The van der Waals surface area contributed by atoms with Gasteiger partial charge < -0.3 is 21.4 Å². The Morgan fingerprint density at radius 3 is 2.38 bits per heavy atom. The zero-order valence-electron chi connectivity index (χ0n) is 14.8. The third kappa shape index (κ3) is 5.43. The molecule has 0 saturated carbocycles. The molecule has 26 heavy (non-hydrogen) atoms. The van der Waals surface area contributed by atoms with E-state index in [0.29, 0.717) is 0 Å². The second-order valence-electron chi connectivity index (χ2n) is 5.81. The second kappa shape index (κ2) is 9.34. The predicted octanol–water partition coefficient (Wildman–Crippen LogP) is 1.50. The number of carbonyl (C=O) groups is 1. The number of hydrogen-bond acceptors (Lipinski definition) is 4. The maximum atomic E-state index is 9.41. The van der Waals surface area contributed by atoms with Gasteiger partial charge in [0.15, 0.2) is 6.20 Å². The van der Waals surface area contributed by atoms with Gasteiger partial charge in [-0.1, -0.05) is 36.4 Å². The summed E-state index contributed by atoms with van der Waals surface area (Å²) in [5, 5.41) is 10.7. The lowest BCUT2D eigenvalue weighted by Crippen LogP contribution is -2.28. The van der Waals surface area contributed by atoms with Crippen LogP contribution in [0.15, 0.2) is 60.8 Å². The zero-order valence-corrected chi connectivity index (χ0v) is 14.8. The molecule has 0 spiro atoms. The highest BCUT2D eigenvalue weighted by Crippen LogP contribution is 2.18.